The standard InChI is InChI=1S/C24H18O9/c1-8-3-10(25)7-15(29)21(8)32-23-17-12-5-11(26)6-14(28)16(12)20(30)18-13(27)4-9(2)22(19(17)18)33-24(23)31/h3-7,17,23,25-29H,1-2H3. The molecule has 1 aliphatic carbocycles. The van der Waals surface area contributed by atoms with Gasteiger partial charge in [-0.1, -0.05) is 0 Å². The summed E-state index contributed by atoms with van der Waals surface area (Å²) in [4.78, 5) is 26.4. The monoisotopic (exact) mass is 450 g/mol. The highest BCUT2D eigenvalue weighted by molar-refractivity contribution is 6.17. The van der Waals surface area contributed by atoms with E-state index in [1.807, 2.05) is 0 Å². The Morgan fingerprint density at radius 3 is 2.12 bits per heavy atom. The number of fused-ring (bicyclic) bond motifs is 2. The van der Waals surface area contributed by atoms with Crippen molar-refractivity contribution in [1.82, 2.24) is 0 Å². The Labute approximate surface area is 186 Å². The summed E-state index contributed by atoms with van der Waals surface area (Å²) in [6, 6.07) is 5.88. The Hall–Kier alpha value is -4.40. The smallest absolute Gasteiger partial charge is 0.353 e. The van der Waals surface area contributed by atoms with Gasteiger partial charge >= 0.3 is 5.97 Å². The second kappa shape index (κ2) is 6.80. The Morgan fingerprint density at radius 2 is 1.42 bits per heavy atom. The lowest BCUT2D eigenvalue weighted by atomic mass is 9.72. The van der Waals surface area contributed by atoms with Gasteiger partial charge in [0, 0.05) is 17.7 Å². The zero-order valence-corrected chi connectivity index (χ0v) is 17.4. The fourth-order valence-electron chi connectivity index (χ4n) is 4.63. The van der Waals surface area contributed by atoms with Crippen LogP contribution >= 0.6 is 0 Å². The van der Waals surface area contributed by atoms with E-state index in [0.717, 1.165) is 12.1 Å². The molecule has 0 spiro atoms. The number of hydrogen-bond donors (Lipinski definition) is 5. The molecule has 2 aliphatic rings. The van der Waals surface area contributed by atoms with Crippen LogP contribution < -0.4 is 9.47 Å². The van der Waals surface area contributed by atoms with E-state index in [1.54, 1.807) is 13.8 Å². The first-order valence-corrected chi connectivity index (χ1v) is 9.96. The van der Waals surface area contributed by atoms with E-state index in [0.29, 0.717) is 11.1 Å². The van der Waals surface area contributed by atoms with Crippen LogP contribution in [0.3, 0.4) is 0 Å². The van der Waals surface area contributed by atoms with Crippen LogP contribution in [0.1, 0.15) is 44.1 Å². The highest BCUT2D eigenvalue weighted by atomic mass is 16.6. The molecule has 1 aliphatic heterocycles. The lowest BCUT2D eigenvalue weighted by molar-refractivity contribution is -0.144. The highest BCUT2D eigenvalue weighted by Crippen LogP contribution is 2.53. The molecule has 9 heteroatoms. The zero-order chi connectivity index (χ0) is 23.8. The van der Waals surface area contributed by atoms with E-state index < -0.39 is 35.3 Å². The molecule has 0 aromatic heterocycles. The van der Waals surface area contributed by atoms with Crippen molar-refractivity contribution in [3.05, 3.63) is 63.7 Å². The lowest BCUT2D eigenvalue weighted by Gasteiger charge is -2.38. The van der Waals surface area contributed by atoms with Crippen molar-refractivity contribution >= 4 is 11.8 Å². The first kappa shape index (κ1) is 20.5. The molecule has 0 radical (unpaired) electrons. The van der Waals surface area contributed by atoms with Crippen molar-refractivity contribution in [3.63, 3.8) is 0 Å². The number of rotatable bonds is 2. The van der Waals surface area contributed by atoms with Crippen LogP contribution in [-0.2, 0) is 4.79 Å². The Kier molecular flexibility index (Phi) is 4.22. The summed E-state index contributed by atoms with van der Waals surface area (Å²) >= 11 is 0. The van der Waals surface area contributed by atoms with E-state index in [9.17, 15) is 35.1 Å². The van der Waals surface area contributed by atoms with Crippen LogP contribution in [0, 0.1) is 13.8 Å². The molecule has 168 valence electrons. The SMILES string of the molecule is Cc1cc(O)cc(O)c1OC1C(=O)Oc2c(C)cc(O)c3c2C1c1cc(O)cc(O)c1C3=O. The van der Waals surface area contributed by atoms with Crippen LogP contribution in [0.15, 0.2) is 30.3 Å². The van der Waals surface area contributed by atoms with E-state index in [1.165, 1.54) is 18.2 Å². The van der Waals surface area contributed by atoms with Crippen molar-refractivity contribution in [2.45, 2.75) is 25.9 Å². The van der Waals surface area contributed by atoms with E-state index in [2.05, 4.69) is 0 Å². The quantitative estimate of drug-likeness (QED) is 0.293. The van der Waals surface area contributed by atoms with Crippen LogP contribution in [0.5, 0.6) is 40.2 Å². The van der Waals surface area contributed by atoms with E-state index in [4.69, 9.17) is 9.47 Å². The van der Waals surface area contributed by atoms with Gasteiger partial charge in [-0.15, -0.1) is 0 Å². The first-order chi connectivity index (χ1) is 15.6. The average molecular weight is 450 g/mol. The topological polar surface area (TPSA) is 154 Å². The normalized spacial score (nSPS) is 18.4. The molecule has 0 fully saturated rings. The van der Waals surface area contributed by atoms with Crippen molar-refractivity contribution in [3.8, 4) is 40.2 Å². The molecular weight excluding hydrogens is 432 g/mol. The minimum absolute atomic E-state index is 0.0751. The molecular formula is C24H18O9. The summed E-state index contributed by atoms with van der Waals surface area (Å²) in [6.45, 7) is 3.14. The molecule has 5 rings (SSSR count). The number of carbonyl (C=O) groups excluding carboxylic acids is 2. The number of ketones is 1. The summed E-state index contributed by atoms with van der Waals surface area (Å²) < 4.78 is 11.4. The van der Waals surface area contributed by atoms with E-state index >= 15 is 0 Å². The Bertz CT molecular complexity index is 1370. The van der Waals surface area contributed by atoms with Gasteiger partial charge in [0.15, 0.2) is 11.5 Å². The van der Waals surface area contributed by atoms with Crippen LogP contribution in [0.25, 0.3) is 0 Å². The van der Waals surface area contributed by atoms with Crippen molar-refractivity contribution in [1.29, 1.82) is 0 Å². The summed E-state index contributed by atoms with van der Waals surface area (Å²) in [6.07, 6.45) is -1.46. The van der Waals surface area contributed by atoms with E-state index in [-0.39, 0.29) is 51.0 Å². The molecule has 33 heavy (non-hydrogen) atoms. The number of phenolic OH excluding ortho intramolecular Hbond substituents is 5. The second-order valence-electron chi connectivity index (χ2n) is 8.14. The van der Waals surface area contributed by atoms with Gasteiger partial charge < -0.3 is 35.0 Å². The van der Waals surface area contributed by atoms with Gasteiger partial charge in [-0.05, 0) is 48.7 Å². The number of ether oxygens (including phenoxy) is 2. The van der Waals surface area contributed by atoms with Gasteiger partial charge in [0.2, 0.25) is 11.9 Å². The maximum atomic E-state index is 13.3. The average Bonchev–Trinajstić information content (AvgIpc) is 2.70. The number of aromatic hydroxyl groups is 5. The summed E-state index contributed by atoms with van der Waals surface area (Å²) in [5.41, 5.74) is 0.660. The van der Waals surface area contributed by atoms with Crippen molar-refractivity contribution in [2.75, 3.05) is 0 Å². The van der Waals surface area contributed by atoms with Gasteiger partial charge in [0.05, 0.1) is 17.0 Å². The largest absolute Gasteiger partial charge is 0.508 e. The highest BCUT2D eigenvalue weighted by Gasteiger charge is 2.49. The van der Waals surface area contributed by atoms with Crippen LogP contribution in [0.2, 0.25) is 0 Å². The maximum Gasteiger partial charge on any atom is 0.353 e. The second-order valence-corrected chi connectivity index (χ2v) is 8.14. The summed E-state index contributed by atoms with van der Waals surface area (Å²) in [7, 11) is 0. The third-order valence-electron chi connectivity index (χ3n) is 5.94. The van der Waals surface area contributed by atoms with Gasteiger partial charge in [-0.25, -0.2) is 4.79 Å². The number of benzene rings is 3. The molecule has 9 nitrogen and oxygen atoms in total. The molecule has 0 amide bonds. The Morgan fingerprint density at radius 1 is 0.788 bits per heavy atom. The first-order valence-electron chi connectivity index (χ1n) is 9.96. The number of esters is 1. The predicted octanol–water partition coefficient (Wildman–Crippen LogP) is 2.87. The number of phenols is 5. The lowest BCUT2D eigenvalue weighted by Crippen LogP contribution is -2.44. The fourth-order valence-corrected chi connectivity index (χ4v) is 4.63. The van der Waals surface area contributed by atoms with Crippen LogP contribution in [-0.4, -0.2) is 43.4 Å². The summed E-state index contributed by atoms with van der Waals surface area (Å²) in [5, 5.41) is 51.2. The molecule has 5 N–H and O–H groups in total. The summed E-state index contributed by atoms with van der Waals surface area (Å²) in [5.74, 6) is -4.50. The van der Waals surface area contributed by atoms with Gasteiger partial charge in [-0.3, -0.25) is 4.79 Å². The fraction of sp³-hybridized carbons (Fsp3) is 0.167. The van der Waals surface area contributed by atoms with Gasteiger partial charge in [0.25, 0.3) is 0 Å². The molecule has 3 aromatic carbocycles. The molecule has 1 heterocycles. The zero-order valence-electron chi connectivity index (χ0n) is 17.4. The third-order valence-corrected chi connectivity index (χ3v) is 5.94. The van der Waals surface area contributed by atoms with Gasteiger partial charge in [-0.2, -0.15) is 0 Å². The molecule has 0 saturated carbocycles. The molecule has 2 unspecified atom stereocenters. The number of hydrogen-bond acceptors (Lipinski definition) is 9. The molecule has 0 bridgehead atoms. The minimum Gasteiger partial charge on any atom is -0.508 e. The van der Waals surface area contributed by atoms with Crippen LogP contribution in [0.4, 0.5) is 0 Å². The number of aryl methyl sites for hydroxylation is 2. The maximum absolute atomic E-state index is 13.3. The molecule has 3 aromatic rings. The molecule has 2 atom stereocenters. The third kappa shape index (κ3) is 2.85. The minimum atomic E-state index is -1.46. The molecule has 0 saturated heterocycles. The Balaban J connectivity index is 1.80. The predicted molar refractivity (Wildman–Crippen MR) is 112 cm³/mol. The number of carbonyl (C=O) groups is 2. The van der Waals surface area contributed by atoms with Gasteiger partial charge in [0.1, 0.15) is 28.7 Å². The van der Waals surface area contributed by atoms with Crippen molar-refractivity contribution in [2.24, 2.45) is 0 Å². The van der Waals surface area contributed by atoms with Crippen molar-refractivity contribution < 1.29 is 44.6 Å².